The summed E-state index contributed by atoms with van der Waals surface area (Å²) in [5, 5.41) is 5.10. The van der Waals surface area contributed by atoms with Crippen LogP contribution in [0.2, 0.25) is 0 Å². The molecular weight excluding hydrogens is 378 g/mol. The molecule has 2 N–H and O–H groups in total. The molecule has 0 atom stereocenters. The quantitative estimate of drug-likeness (QED) is 0.778. The van der Waals surface area contributed by atoms with Crippen LogP contribution in [0, 0.1) is 11.6 Å². The number of anilines is 1. The Morgan fingerprint density at radius 1 is 1.00 bits per heavy atom. The second-order valence-corrected chi connectivity index (χ2v) is 7.03. The first kappa shape index (κ1) is 20.9. The molecule has 1 heterocycles. The molecule has 3 rings (SSSR count). The molecule has 0 spiro atoms. The monoisotopic (exact) mass is 402 g/mol. The SMILES string of the molecule is CN1CCN(CCNC(=O)c2c(F)cc(F)cc2NC(=O)c2ccccc2)CC1. The van der Waals surface area contributed by atoms with Gasteiger partial charge in [-0.15, -0.1) is 0 Å². The largest absolute Gasteiger partial charge is 0.351 e. The van der Waals surface area contributed by atoms with E-state index < -0.39 is 23.4 Å². The van der Waals surface area contributed by atoms with E-state index in [-0.39, 0.29) is 11.3 Å². The number of hydrogen-bond acceptors (Lipinski definition) is 4. The van der Waals surface area contributed by atoms with Gasteiger partial charge in [0.25, 0.3) is 11.8 Å². The fourth-order valence-electron chi connectivity index (χ4n) is 3.17. The van der Waals surface area contributed by atoms with E-state index in [1.165, 1.54) is 0 Å². The molecule has 2 amide bonds. The van der Waals surface area contributed by atoms with Crippen molar-refractivity contribution in [2.45, 2.75) is 0 Å². The molecule has 1 saturated heterocycles. The zero-order valence-electron chi connectivity index (χ0n) is 16.3. The van der Waals surface area contributed by atoms with Crippen LogP contribution in [0.5, 0.6) is 0 Å². The smallest absolute Gasteiger partial charge is 0.256 e. The van der Waals surface area contributed by atoms with Crippen LogP contribution in [-0.2, 0) is 0 Å². The lowest BCUT2D eigenvalue weighted by Gasteiger charge is -2.32. The lowest BCUT2D eigenvalue weighted by molar-refractivity contribution is 0.0938. The maximum Gasteiger partial charge on any atom is 0.256 e. The molecule has 0 bridgehead atoms. The highest BCUT2D eigenvalue weighted by Crippen LogP contribution is 2.22. The minimum absolute atomic E-state index is 0.201. The van der Waals surface area contributed by atoms with Gasteiger partial charge in [-0.2, -0.15) is 0 Å². The van der Waals surface area contributed by atoms with Gasteiger partial charge in [0, 0.05) is 50.9 Å². The maximum atomic E-state index is 14.4. The second kappa shape index (κ2) is 9.58. The van der Waals surface area contributed by atoms with Gasteiger partial charge in [0.15, 0.2) is 0 Å². The van der Waals surface area contributed by atoms with Gasteiger partial charge >= 0.3 is 0 Å². The number of nitrogens with zero attached hydrogens (tertiary/aromatic N) is 2. The van der Waals surface area contributed by atoms with Gasteiger partial charge in [0.05, 0.1) is 11.3 Å². The molecule has 2 aromatic rings. The van der Waals surface area contributed by atoms with Crippen LogP contribution in [0.3, 0.4) is 0 Å². The molecule has 29 heavy (non-hydrogen) atoms. The van der Waals surface area contributed by atoms with Crippen molar-refractivity contribution in [2.24, 2.45) is 0 Å². The van der Waals surface area contributed by atoms with Crippen LogP contribution in [0.1, 0.15) is 20.7 Å². The fraction of sp³-hybridized carbons (Fsp3) is 0.333. The molecule has 6 nitrogen and oxygen atoms in total. The standard InChI is InChI=1S/C21H24F2N4O2/c1-26-9-11-27(12-10-26)8-7-24-21(29)19-17(23)13-16(22)14-18(19)25-20(28)15-5-3-2-4-6-15/h2-6,13-14H,7-12H2,1H3,(H,24,29)(H,25,28). The molecule has 8 heteroatoms. The van der Waals surface area contributed by atoms with Gasteiger partial charge < -0.3 is 15.5 Å². The molecule has 1 aliphatic rings. The Kier molecular flexibility index (Phi) is 6.90. The van der Waals surface area contributed by atoms with Gasteiger partial charge in [-0.05, 0) is 25.2 Å². The van der Waals surface area contributed by atoms with Gasteiger partial charge in [-0.25, -0.2) is 8.78 Å². The Balaban J connectivity index is 1.67. The van der Waals surface area contributed by atoms with Crippen molar-refractivity contribution < 1.29 is 18.4 Å². The van der Waals surface area contributed by atoms with E-state index in [2.05, 4.69) is 27.5 Å². The summed E-state index contributed by atoms with van der Waals surface area (Å²) < 4.78 is 28.1. The normalized spacial score (nSPS) is 15.1. The molecule has 0 unspecified atom stereocenters. The van der Waals surface area contributed by atoms with Crippen molar-refractivity contribution >= 4 is 17.5 Å². The molecule has 0 aromatic heterocycles. The molecule has 0 radical (unpaired) electrons. The Morgan fingerprint density at radius 2 is 1.69 bits per heavy atom. The van der Waals surface area contributed by atoms with Crippen LogP contribution in [-0.4, -0.2) is 67.9 Å². The summed E-state index contributed by atoms with van der Waals surface area (Å²) in [7, 11) is 2.06. The van der Waals surface area contributed by atoms with Crippen LogP contribution >= 0.6 is 0 Å². The van der Waals surface area contributed by atoms with Gasteiger partial charge in [0.2, 0.25) is 0 Å². The molecular formula is C21H24F2N4O2. The van der Waals surface area contributed by atoms with Gasteiger partial charge in [-0.3, -0.25) is 14.5 Å². The summed E-state index contributed by atoms with van der Waals surface area (Å²) >= 11 is 0. The van der Waals surface area contributed by atoms with E-state index in [1.54, 1.807) is 30.3 Å². The fourth-order valence-corrected chi connectivity index (χ4v) is 3.17. The van der Waals surface area contributed by atoms with E-state index in [1.807, 2.05) is 0 Å². The van der Waals surface area contributed by atoms with Crippen molar-refractivity contribution in [1.82, 2.24) is 15.1 Å². The highest BCUT2D eigenvalue weighted by atomic mass is 19.1. The summed E-state index contributed by atoms with van der Waals surface area (Å²) in [6.45, 7) is 4.66. The summed E-state index contributed by atoms with van der Waals surface area (Å²) in [5.74, 6) is -3.15. The van der Waals surface area contributed by atoms with Gasteiger partial charge in [-0.1, -0.05) is 18.2 Å². The zero-order valence-corrected chi connectivity index (χ0v) is 16.3. The Hall–Kier alpha value is -2.84. The van der Waals surface area contributed by atoms with E-state index in [4.69, 9.17) is 0 Å². The summed E-state index contributed by atoms with van der Waals surface area (Å²) in [6.07, 6.45) is 0. The highest BCUT2D eigenvalue weighted by Gasteiger charge is 2.21. The average molecular weight is 402 g/mol. The van der Waals surface area contributed by atoms with Crippen molar-refractivity contribution in [3.05, 3.63) is 65.2 Å². The number of amides is 2. The van der Waals surface area contributed by atoms with E-state index in [0.29, 0.717) is 24.7 Å². The number of rotatable bonds is 6. The Morgan fingerprint density at radius 3 is 2.38 bits per heavy atom. The first-order valence-electron chi connectivity index (χ1n) is 9.48. The number of nitrogens with one attached hydrogen (secondary N) is 2. The zero-order chi connectivity index (χ0) is 20.8. The molecule has 1 aliphatic heterocycles. The van der Waals surface area contributed by atoms with Crippen molar-refractivity contribution in [3.8, 4) is 0 Å². The van der Waals surface area contributed by atoms with Gasteiger partial charge in [0.1, 0.15) is 11.6 Å². The number of carbonyl (C=O) groups is 2. The summed E-state index contributed by atoms with van der Waals surface area (Å²) in [5.41, 5.74) is -0.263. The Bertz CT molecular complexity index is 868. The lowest BCUT2D eigenvalue weighted by atomic mass is 10.1. The molecule has 2 aromatic carbocycles. The average Bonchev–Trinajstić information content (AvgIpc) is 2.69. The molecule has 1 fully saturated rings. The maximum absolute atomic E-state index is 14.4. The highest BCUT2D eigenvalue weighted by molar-refractivity contribution is 6.09. The topological polar surface area (TPSA) is 64.7 Å². The number of hydrogen-bond donors (Lipinski definition) is 2. The van der Waals surface area contributed by atoms with Crippen LogP contribution in [0.4, 0.5) is 14.5 Å². The van der Waals surface area contributed by atoms with E-state index in [9.17, 15) is 18.4 Å². The summed E-state index contributed by atoms with van der Waals surface area (Å²) in [4.78, 5) is 29.4. The van der Waals surface area contributed by atoms with Crippen LogP contribution in [0.25, 0.3) is 0 Å². The third-order valence-corrected chi connectivity index (χ3v) is 4.88. The molecule has 0 saturated carbocycles. The second-order valence-electron chi connectivity index (χ2n) is 7.03. The number of halogens is 2. The number of carbonyl (C=O) groups excluding carboxylic acids is 2. The predicted molar refractivity (Wildman–Crippen MR) is 107 cm³/mol. The first-order valence-corrected chi connectivity index (χ1v) is 9.48. The first-order chi connectivity index (χ1) is 13.9. The van der Waals surface area contributed by atoms with E-state index >= 15 is 0 Å². The van der Waals surface area contributed by atoms with E-state index in [0.717, 1.165) is 32.2 Å². The Labute approximate surface area is 168 Å². The number of benzene rings is 2. The summed E-state index contributed by atoms with van der Waals surface area (Å²) in [6, 6.07) is 9.81. The number of piperazine rings is 1. The van der Waals surface area contributed by atoms with Crippen LogP contribution in [0.15, 0.2) is 42.5 Å². The molecule has 154 valence electrons. The lowest BCUT2D eigenvalue weighted by Crippen LogP contribution is -2.47. The van der Waals surface area contributed by atoms with Crippen molar-refractivity contribution in [2.75, 3.05) is 51.6 Å². The molecule has 0 aliphatic carbocycles. The minimum atomic E-state index is -1.02. The van der Waals surface area contributed by atoms with Crippen molar-refractivity contribution in [1.29, 1.82) is 0 Å². The number of likely N-dealkylation sites (N-methyl/N-ethyl adjacent to an activating group) is 1. The van der Waals surface area contributed by atoms with Crippen molar-refractivity contribution in [3.63, 3.8) is 0 Å². The minimum Gasteiger partial charge on any atom is -0.351 e. The van der Waals surface area contributed by atoms with Crippen LogP contribution < -0.4 is 10.6 Å². The predicted octanol–water partition coefficient (Wildman–Crippen LogP) is 2.19. The third kappa shape index (κ3) is 5.58. The third-order valence-electron chi connectivity index (χ3n) is 4.88.